The molecule has 190 valence electrons. The van der Waals surface area contributed by atoms with Gasteiger partial charge in [-0.2, -0.15) is 0 Å². The van der Waals surface area contributed by atoms with Crippen LogP contribution in [0.15, 0.2) is 18.2 Å². The third-order valence-electron chi connectivity index (χ3n) is 6.53. The molecule has 4 heteroatoms. The zero-order valence-electron chi connectivity index (χ0n) is 21.5. The molecule has 1 rings (SSSR count). The number of unbranched alkanes of at least 4 members (excludes halogenated alkanes) is 16. The Hall–Kier alpha value is -1.45. The van der Waals surface area contributed by atoms with Crippen molar-refractivity contribution < 1.29 is 13.6 Å². The highest BCUT2D eigenvalue weighted by atomic mass is 19.1. The molecule has 33 heavy (non-hydrogen) atoms. The van der Waals surface area contributed by atoms with Crippen LogP contribution < -0.4 is 0 Å². The smallest absolute Gasteiger partial charge is 0.259 e. The Morgan fingerprint density at radius 2 is 0.939 bits per heavy atom. The zero-order valence-corrected chi connectivity index (χ0v) is 21.5. The van der Waals surface area contributed by atoms with E-state index in [9.17, 15) is 13.6 Å². The second-order valence-electron chi connectivity index (χ2n) is 9.55. The lowest BCUT2D eigenvalue weighted by atomic mass is 10.1. The maximum atomic E-state index is 14.2. The SMILES string of the molecule is CCCCCCCCCCCN(CCCCCCCCCCC)C(=O)c1c(F)cccc1F. The van der Waals surface area contributed by atoms with Gasteiger partial charge in [-0.3, -0.25) is 4.79 Å². The van der Waals surface area contributed by atoms with E-state index in [0.29, 0.717) is 13.1 Å². The molecule has 0 aliphatic heterocycles. The number of benzene rings is 1. The first kappa shape index (κ1) is 29.6. The maximum Gasteiger partial charge on any atom is 0.259 e. The van der Waals surface area contributed by atoms with Crippen LogP contribution in [0.5, 0.6) is 0 Å². The van der Waals surface area contributed by atoms with Crippen molar-refractivity contribution in [3.63, 3.8) is 0 Å². The average Bonchev–Trinajstić information content (AvgIpc) is 2.80. The Balaban J connectivity index is 2.42. The summed E-state index contributed by atoms with van der Waals surface area (Å²) < 4.78 is 28.4. The molecule has 0 atom stereocenters. The van der Waals surface area contributed by atoms with Crippen LogP contribution in [-0.4, -0.2) is 23.9 Å². The Labute approximate surface area is 202 Å². The third-order valence-corrected chi connectivity index (χ3v) is 6.53. The van der Waals surface area contributed by atoms with Gasteiger partial charge in [0, 0.05) is 13.1 Å². The molecule has 0 saturated heterocycles. The fourth-order valence-corrected chi connectivity index (χ4v) is 4.40. The number of carbonyl (C=O) groups excluding carboxylic acids is 1. The zero-order chi connectivity index (χ0) is 24.2. The number of nitrogens with zero attached hydrogens (tertiary/aromatic N) is 1. The van der Waals surface area contributed by atoms with E-state index < -0.39 is 23.1 Å². The molecule has 0 aliphatic rings. The monoisotopic (exact) mass is 465 g/mol. The van der Waals surface area contributed by atoms with Gasteiger partial charge < -0.3 is 4.90 Å². The summed E-state index contributed by atoms with van der Waals surface area (Å²) in [4.78, 5) is 14.7. The molecule has 0 N–H and O–H groups in total. The van der Waals surface area contributed by atoms with Crippen molar-refractivity contribution in [1.29, 1.82) is 0 Å². The fraction of sp³-hybridized carbons (Fsp3) is 0.759. The Kier molecular flexibility index (Phi) is 17.9. The number of hydrogen-bond donors (Lipinski definition) is 0. The van der Waals surface area contributed by atoms with Gasteiger partial charge in [-0.1, -0.05) is 123 Å². The van der Waals surface area contributed by atoms with Gasteiger partial charge in [0.2, 0.25) is 0 Å². The molecule has 0 radical (unpaired) electrons. The van der Waals surface area contributed by atoms with Crippen molar-refractivity contribution in [2.24, 2.45) is 0 Å². The number of amides is 1. The van der Waals surface area contributed by atoms with Crippen molar-refractivity contribution in [2.45, 2.75) is 129 Å². The molecule has 0 saturated carbocycles. The van der Waals surface area contributed by atoms with Crippen LogP contribution >= 0.6 is 0 Å². The van der Waals surface area contributed by atoms with Gasteiger partial charge in [-0.15, -0.1) is 0 Å². The van der Waals surface area contributed by atoms with Gasteiger partial charge in [0.05, 0.1) is 0 Å². The summed E-state index contributed by atoms with van der Waals surface area (Å²) in [6.45, 7) is 5.63. The first-order chi connectivity index (χ1) is 16.1. The molecule has 0 heterocycles. The number of hydrogen-bond acceptors (Lipinski definition) is 1. The summed E-state index contributed by atoms with van der Waals surface area (Å²) in [5.74, 6) is -2.02. The highest BCUT2D eigenvalue weighted by Crippen LogP contribution is 2.17. The number of carbonyl (C=O) groups is 1. The van der Waals surface area contributed by atoms with Crippen LogP contribution in [0, 0.1) is 11.6 Å². The van der Waals surface area contributed by atoms with Gasteiger partial charge in [0.1, 0.15) is 17.2 Å². The second kappa shape index (κ2) is 20.0. The minimum Gasteiger partial charge on any atom is -0.338 e. The molecule has 1 amide bonds. The summed E-state index contributed by atoms with van der Waals surface area (Å²) in [6, 6.07) is 3.66. The highest BCUT2D eigenvalue weighted by molar-refractivity contribution is 5.94. The summed E-state index contributed by atoms with van der Waals surface area (Å²) in [6.07, 6.45) is 21.7. The van der Waals surface area contributed by atoms with Crippen molar-refractivity contribution in [3.05, 3.63) is 35.4 Å². The maximum absolute atomic E-state index is 14.2. The van der Waals surface area contributed by atoms with E-state index in [1.165, 1.54) is 108 Å². The predicted molar refractivity (Wildman–Crippen MR) is 137 cm³/mol. The second-order valence-corrected chi connectivity index (χ2v) is 9.55. The average molecular weight is 466 g/mol. The molecule has 0 unspecified atom stereocenters. The van der Waals surface area contributed by atoms with E-state index in [0.717, 1.165) is 25.7 Å². The molecule has 0 aliphatic carbocycles. The van der Waals surface area contributed by atoms with E-state index in [1.54, 1.807) is 4.90 Å². The Morgan fingerprint density at radius 1 is 0.606 bits per heavy atom. The van der Waals surface area contributed by atoms with Crippen molar-refractivity contribution >= 4 is 5.91 Å². The lowest BCUT2D eigenvalue weighted by molar-refractivity contribution is 0.0739. The van der Waals surface area contributed by atoms with Crippen LogP contribution in [0.3, 0.4) is 0 Å². The van der Waals surface area contributed by atoms with Gasteiger partial charge in [0.25, 0.3) is 5.91 Å². The lowest BCUT2D eigenvalue weighted by Crippen LogP contribution is -2.34. The van der Waals surface area contributed by atoms with E-state index in [1.807, 2.05) is 0 Å². The van der Waals surface area contributed by atoms with Crippen molar-refractivity contribution in [1.82, 2.24) is 4.90 Å². The standard InChI is InChI=1S/C29H49F2NO/c1-3-5-7-9-11-13-15-17-19-24-32(25-20-18-16-14-12-10-8-6-4-2)29(33)28-26(30)22-21-23-27(28)31/h21-23H,3-20,24-25H2,1-2H3. The third kappa shape index (κ3) is 13.8. The first-order valence-corrected chi connectivity index (χ1v) is 13.8. The van der Waals surface area contributed by atoms with Crippen LogP contribution in [0.1, 0.15) is 140 Å². The van der Waals surface area contributed by atoms with E-state index in [2.05, 4.69) is 13.8 Å². The van der Waals surface area contributed by atoms with Gasteiger partial charge >= 0.3 is 0 Å². The van der Waals surface area contributed by atoms with Crippen LogP contribution in [0.2, 0.25) is 0 Å². The largest absolute Gasteiger partial charge is 0.338 e. The molecule has 0 fully saturated rings. The molecule has 2 nitrogen and oxygen atoms in total. The summed E-state index contributed by atoms with van der Waals surface area (Å²) >= 11 is 0. The van der Waals surface area contributed by atoms with E-state index in [4.69, 9.17) is 0 Å². The van der Waals surface area contributed by atoms with Gasteiger partial charge in [-0.25, -0.2) is 8.78 Å². The predicted octanol–water partition coefficient (Wildman–Crippen LogP) is 9.47. The van der Waals surface area contributed by atoms with E-state index >= 15 is 0 Å². The van der Waals surface area contributed by atoms with Crippen LogP contribution in [0.4, 0.5) is 8.78 Å². The first-order valence-electron chi connectivity index (χ1n) is 13.8. The molecule has 0 spiro atoms. The summed E-state index contributed by atoms with van der Waals surface area (Å²) in [5, 5.41) is 0. The summed E-state index contributed by atoms with van der Waals surface area (Å²) in [5.41, 5.74) is -0.399. The van der Waals surface area contributed by atoms with Crippen molar-refractivity contribution in [2.75, 3.05) is 13.1 Å². The molecular formula is C29H49F2NO. The minimum atomic E-state index is -0.760. The molecule has 1 aromatic rings. The molecule has 0 bridgehead atoms. The lowest BCUT2D eigenvalue weighted by Gasteiger charge is -2.23. The Bertz CT molecular complexity index is 577. The normalized spacial score (nSPS) is 11.2. The molecule has 1 aromatic carbocycles. The fourth-order valence-electron chi connectivity index (χ4n) is 4.40. The number of rotatable bonds is 21. The summed E-state index contributed by atoms with van der Waals surface area (Å²) in [7, 11) is 0. The number of halogens is 2. The van der Waals surface area contributed by atoms with Crippen LogP contribution in [0.25, 0.3) is 0 Å². The topological polar surface area (TPSA) is 20.3 Å². The van der Waals surface area contributed by atoms with Gasteiger partial charge in [0.15, 0.2) is 0 Å². The van der Waals surface area contributed by atoms with Crippen LogP contribution in [-0.2, 0) is 0 Å². The van der Waals surface area contributed by atoms with Gasteiger partial charge in [-0.05, 0) is 25.0 Å². The van der Waals surface area contributed by atoms with Crippen molar-refractivity contribution in [3.8, 4) is 0 Å². The minimum absolute atomic E-state index is 0.399. The quantitative estimate of drug-likeness (QED) is 0.166. The molecular weight excluding hydrogens is 416 g/mol. The van der Waals surface area contributed by atoms with E-state index in [-0.39, 0.29) is 0 Å². The Morgan fingerprint density at radius 3 is 1.30 bits per heavy atom. The highest BCUT2D eigenvalue weighted by Gasteiger charge is 2.22. The molecule has 0 aromatic heterocycles.